The minimum atomic E-state index is -0.267. The molecule has 0 aliphatic carbocycles. The third-order valence-corrected chi connectivity index (χ3v) is 2.98. The van der Waals surface area contributed by atoms with Gasteiger partial charge in [-0.2, -0.15) is 0 Å². The van der Waals surface area contributed by atoms with E-state index in [4.69, 9.17) is 5.73 Å². The SMILES string of the molecule is C=CCn1c(C(C)C)nc(-c2ccc(F)cc2)c1N. The monoisotopic (exact) mass is 259 g/mol. The third kappa shape index (κ3) is 2.52. The normalized spacial score (nSPS) is 10.9. The van der Waals surface area contributed by atoms with Crippen molar-refractivity contribution in [1.82, 2.24) is 9.55 Å². The molecule has 0 fully saturated rings. The fraction of sp³-hybridized carbons (Fsp3) is 0.267. The summed E-state index contributed by atoms with van der Waals surface area (Å²) in [6.07, 6.45) is 1.79. The number of nitrogens with zero attached hydrogens (tertiary/aromatic N) is 2. The van der Waals surface area contributed by atoms with Gasteiger partial charge in [-0.05, 0) is 24.3 Å². The molecule has 0 aliphatic rings. The van der Waals surface area contributed by atoms with Crippen LogP contribution in [-0.2, 0) is 6.54 Å². The van der Waals surface area contributed by atoms with E-state index >= 15 is 0 Å². The van der Waals surface area contributed by atoms with Crippen LogP contribution in [0.2, 0.25) is 0 Å². The van der Waals surface area contributed by atoms with Crippen molar-refractivity contribution >= 4 is 5.82 Å². The van der Waals surface area contributed by atoms with Gasteiger partial charge in [-0.25, -0.2) is 9.37 Å². The summed E-state index contributed by atoms with van der Waals surface area (Å²) in [5.41, 5.74) is 7.68. The number of benzene rings is 1. The van der Waals surface area contributed by atoms with Crippen LogP contribution in [0.25, 0.3) is 11.3 Å². The Bertz CT molecular complexity index is 582. The Hall–Kier alpha value is -2.10. The van der Waals surface area contributed by atoms with Gasteiger partial charge in [0.05, 0.1) is 0 Å². The van der Waals surface area contributed by atoms with E-state index in [9.17, 15) is 4.39 Å². The molecule has 0 unspecified atom stereocenters. The first-order valence-corrected chi connectivity index (χ1v) is 6.27. The summed E-state index contributed by atoms with van der Waals surface area (Å²) in [5, 5.41) is 0. The maximum absolute atomic E-state index is 13.0. The molecular formula is C15H18FN3. The van der Waals surface area contributed by atoms with Crippen molar-refractivity contribution in [3.63, 3.8) is 0 Å². The summed E-state index contributed by atoms with van der Waals surface area (Å²) >= 11 is 0. The average molecular weight is 259 g/mol. The number of rotatable bonds is 4. The number of nitrogens with two attached hydrogens (primary N) is 1. The van der Waals surface area contributed by atoms with Gasteiger partial charge in [0.25, 0.3) is 0 Å². The van der Waals surface area contributed by atoms with Gasteiger partial charge >= 0.3 is 0 Å². The molecule has 2 N–H and O–H groups in total. The standard InChI is InChI=1S/C15H18FN3/c1-4-9-19-14(17)13(18-15(19)10(2)3)11-5-7-12(16)8-6-11/h4-8,10H,1,9,17H2,2-3H3. The highest BCUT2D eigenvalue weighted by Gasteiger charge is 2.17. The molecule has 19 heavy (non-hydrogen) atoms. The van der Waals surface area contributed by atoms with E-state index in [0.29, 0.717) is 18.1 Å². The highest BCUT2D eigenvalue weighted by atomic mass is 19.1. The summed E-state index contributed by atoms with van der Waals surface area (Å²) in [6.45, 7) is 8.49. The van der Waals surface area contributed by atoms with Gasteiger partial charge in [0, 0.05) is 18.0 Å². The van der Waals surface area contributed by atoms with Gasteiger partial charge in [0.1, 0.15) is 23.2 Å². The van der Waals surface area contributed by atoms with E-state index < -0.39 is 0 Å². The summed E-state index contributed by atoms with van der Waals surface area (Å²) in [7, 11) is 0. The molecule has 0 saturated heterocycles. The van der Waals surface area contributed by atoms with Crippen molar-refractivity contribution in [1.29, 1.82) is 0 Å². The predicted octanol–water partition coefficient (Wildman–Crippen LogP) is 3.58. The van der Waals surface area contributed by atoms with Crippen molar-refractivity contribution in [2.45, 2.75) is 26.3 Å². The molecule has 1 aromatic carbocycles. The van der Waals surface area contributed by atoms with E-state index in [1.54, 1.807) is 18.2 Å². The molecule has 0 amide bonds. The first-order valence-electron chi connectivity index (χ1n) is 6.27. The lowest BCUT2D eigenvalue weighted by molar-refractivity contribution is 0.628. The first kappa shape index (κ1) is 13.3. The molecule has 2 rings (SSSR count). The van der Waals surface area contributed by atoms with Crippen LogP contribution in [0, 0.1) is 5.82 Å². The number of hydrogen-bond acceptors (Lipinski definition) is 2. The van der Waals surface area contributed by atoms with E-state index in [1.165, 1.54) is 12.1 Å². The van der Waals surface area contributed by atoms with E-state index in [1.807, 2.05) is 4.57 Å². The second-order valence-electron chi connectivity index (χ2n) is 4.76. The molecule has 1 aromatic heterocycles. The minimum Gasteiger partial charge on any atom is -0.383 e. The van der Waals surface area contributed by atoms with Crippen LogP contribution in [-0.4, -0.2) is 9.55 Å². The number of imidazole rings is 1. The van der Waals surface area contributed by atoms with Crippen molar-refractivity contribution in [2.75, 3.05) is 5.73 Å². The van der Waals surface area contributed by atoms with Crippen LogP contribution in [0.4, 0.5) is 10.2 Å². The summed E-state index contributed by atoms with van der Waals surface area (Å²) in [6, 6.07) is 6.21. The smallest absolute Gasteiger partial charge is 0.132 e. The molecule has 1 heterocycles. The van der Waals surface area contributed by atoms with Crippen molar-refractivity contribution in [2.24, 2.45) is 0 Å². The molecule has 3 nitrogen and oxygen atoms in total. The van der Waals surface area contributed by atoms with Crippen LogP contribution in [0.3, 0.4) is 0 Å². The number of hydrogen-bond donors (Lipinski definition) is 1. The zero-order chi connectivity index (χ0) is 14.0. The summed E-state index contributed by atoms with van der Waals surface area (Å²) in [5.74, 6) is 1.50. The lowest BCUT2D eigenvalue weighted by atomic mass is 10.1. The molecule has 4 heteroatoms. The van der Waals surface area contributed by atoms with E-state index in [-0.39, 0.29) is 11.7 Å². The Labute approximate surface area is 112 Å². The van der Waals surface area contributed by atoms with Gasteiger partial charge in [0.2, 0.25) is 0 Å². The molecule has 0 aliphatic heterocycles. The zero-order valence-electron chi connectivity index (χ0n) is 11.2. The molecule has 0 bridgehead atoms. The van der Waals surface area contributed by atoms with Crippen molar-refractivity contribution in [3.05, 3.63) is 48.6 Å². The number of halogens is 1. The molecule has 100 valence electrons. The Kier molecular flexibility index (Phi) is 3.69. The molecule has 0 atom stereocenters. The third-order valence-electron chi connectivity index (χ3n) is 2.98. The minimum absolute atomic E-state index is 0.261. The Balaban J connectivity index is 2.55. The fourth-order valence-electron chi connectivity index (χ4n) is 2.07. The van der Waals surface area contributed by atoms with Crippen molar-refractivity contribution in [3.8, 4) is 11.3 Å². The van der Waals surface area contributed by atoms with Gasteiger partial charge < -0.3 is 10.3 Å². The van der Waals surface area contributed by atoms with E-state index in [0.717, 1.165) is 11.4 Å². The Morgan fingerprint density at radius 2 is 2.00 bits per heavy atom. The summed E-state index contributed by atoms with van der Waals surface area (Å²) in [4.78, 5) is 4.60. The number of anilines is 1. The highest BCUT2D eigenvalue weighted by molar-refractivity contribution is 5.71. The highest BCUT2D eigenvalue weighted by Crippen LogP contribution is 2.29. The van der Waals surface area contributed by atoms with Crippen LogP contribution >= 0.6 is 0 Å². The first-order chi connectivity index (χ1) is 9.04. The fourth-order valence-corrected chi connectivity index (χ4v) is 2.07. The number of allylic oxidation sites excluding steroid dienone is 1. The number of aromatic nitrogens is 2. The molecule has 0 radical (unpaired) electrons. The van der Waals surface area contributed by atoms with Crippen LogP contribution < -0.4 is 5.73 Å². The molecule has 0 spiro atoms. The average Bonchev–Trinajstić information content (AvgIpc) is 2.69. The second-order valence-corrected chi connectivity index (χ2v) is 4.76. The largest absolute Gasteiger partial charge is 0.383 e. The molecule has 0 saturated carbocycles. The van der Waals surface area contributed by atoms with Crippen LogP contribution in [0.15, 0.2) is 36.9 Å². The predicted molar refractivity (Wildman–Crippen MR) is 76.3 cm³/mol. The van der Waals surface area contributed by atoms with Crippen molar-refractivity contribution < 1.29 is 4.39 Å². The maximum atomic E-state index is 13.0. The lowest BCUT2D eigenvalue weighted by Gasteiger charge is -2.09. The topological polar surface area (TPSA) is 43.8 Å². The molecule has 2 aromatic rings. The van der Waals surface area contributed by atoms with Gasteiger partial charge in [-0.3, -0.25) is 0 Å². The second kappa shape index (κ2) is 5.26. The van der Waals surface area contributed by atoms with Gasteiger partial charge in [-0.15, -0.1) is 6.58 Å². The quantitative estimate of drug-likeness (QED) is 0.853. The number of nitrogen functional groups attached to an aromatic ring is 1. The van der Waals surface area contributed by atoms with Gasteiger partial charge in [-0.1, -0.05) is 19.9 Å². The lowest BCUT2D eigenvalue weighted by Crippen LogP contribution is -2.07. The van der Waals surface area contributed by atoms with E-state index in [2.05, 4.69) is 25.4 Å². The van der Waals surface area contributed by atoms with Gasteiger partial charge in [0.15, 0.2) is 0 Å². The Morgan fingerprint density at radius 3 is 2.53 bits per heavy atom. The molecular weight excluding hydrogens is 241 g/mol. The Morgan fingerprint density at radius 1 is 1.37 bits per heavy atom. The van der Waals surface area contributed by atoms with Crippen LogP contribution in [0.5, 0.6) is 0 Å². The summed E-state index contributed by atoms with van der Waals surface area (Å²) < 4.78 is 14.9. The zero-order valence-corrected chi connectivity index (χ0v) is 11.2. The van der Waals surface area contributed by atoms with Crippen LogP contribution in [0.1, 0.15) is 25.6 Å². The maximum Gasteiger partial charge on any atom is 0.132 e.